The van der Waals surface area contributed by atoms with Gasteiger partial charge in [-0.15, -0.1) is 0 Å². The number of anilines is 1. The van der Waals surface area contributed by atoms with E-state index in [0.717, 1.165) is 31.9 Å². The maximum absolute atomic E-state index is 12.8. The zero-order chi connectivity index (χ0) is 13.5. The Balaban J connectivity index is 1.51. The molecule has 0 spiro atoms. The normalized spacial score (nSPS) is 28.9. The van der Waals surface area contributed by atoms with Crippen LogP contribution in [0.2, 0.25) is 0 Å². The zero-order valence-corrected chi connectivity index (χ0v) is 11.7. The maximum Gasteiger partial charge on any atom is 0.232 e. The predicted octanol–water partition coefficient (Wildman–Crippen LogP) is 1.50. The Morgan fingerprint density at radius 3 is 3.05 bits per heavy atom. The molecule has 1 aromatic carbocycles. The fourth-order valence-electron chi connectivity index (χ4n) is 3.92. The molecule has 0 radical (unpaired) electrons. The lowest BCUT2D eigenvalue weighted by Crippen LogP contribution is -2.53. The van der Waals surface area contributed by atoms with Crippen molar-refractivity contribution in [1.82, 2.24) is 9.80 Å². The van der Waals surface area contributed by atoms with Gasteiger partial charge in [-0.1, -0.05) is 18.2 Å². The van der Waals surface area contributed by atoms with Gasteiger partial charge in [0.2, 0.25) is 5.91 Å². The van der Waals surface area contributed by atoms with Crippen molar-refractivity contribution < 1.29 is 4.79 Å². The van der Waals surface area contributed by atoms with E-state index in [1.165, 1.54) is 24.9 Å². The van der Waals surface area contributed by atoms with Crippen LogP contribution in [0.3, 0.4) is 0 Å². The first-order chi connectivity index (χ1) is 9.83. The number of benzene rings is 1. The van der Waals surface area contributed by atoms with Crippen molar-refractivity contribution >= 4 is 11.6 Å². The van der Waals surface area contributed by atoms with Crippen molar-refractivity contribution in [2.75, 3.05) is 38.0 Å². The Hall–Kier alpha value is -1.55. The van der Waals surface area contributed by atoms with Gasteiger partial charge < -0.3 is 10.2 Å². The number of hydrogen-bond acceptors (Lipinski definition) is 3. The standard InChI is InChI=1S/C16H21N3O/c20-16(14-10-17-15-6-2-1-5-13(14)15)19-9-8-18-7-3-4-12(18)11-19/h1-2,5-6,12,14,17H,3-4,7-11H2. The highest BCUT2D eigenvalue weighted by molar-refractivity contribution is 5.88. The fourth-order valence-corrected chi connectivity index (χ4v) is 3.92. The Morgan fingerprint density at radius 1 is 1.20 bits per heavy atom. The van der Waals surface area contributed by atoms with Crippen LogP contribution in [0.15, 0.2) is 24.3 Å². The Bertz CT molecular complexity index is 530. The first-order valence-electron chi connectivity index (χ1n) is 7.68. The highest BCUT2D eigenvalue weighted by Crippen LogP contribution is 2.33. The quantitative estimate of drug-likeness (QED) is 0.841. The van der Waals surface area contributed by atoms with Gasteiger partial charge in [-0.3, -0.25) is 9.69 Å². The molecule has 4 nitrogen and oxygen atoms in total. The summed E-state index contributed by atoms with van der Waals surface area (Å²) >= 11 is 0. The van der Waals surface area contributed by atoms with E-state index in [9.17, 15) is 4.79 Å². The van der Waals surface area contributed by atoms with Gasteiger partial charge >= 0.3 is 0 Å². The highest BCUT2D eigenvalue weighted by atomic mass is 16.2. The SMILES string of the molecule is O=C(C1CNc2ccccc21)N1CCN2CCCC2C1. The highest BCUT2D eigenvalue weighted by Gasteiger charge is 2.37. The van der Waals surface area contributed by atoms with Gasteiger partial charge in [0.25, 0.3) is 0 Å². The van der Waals surface area contributed by atoms with Crippen molar-refractivity contribution in [1.29, 1.82) is 0 Å². The molecule has 4 heteroatoms. The summed E-state index contributed by atoms with van der Waals surface area (Å²) in [5.41, 5.74) is 2.30. The molecule has 3 aliphatic rings. The number of carbonyl (C=O) groups excluding carboxylic acids is 1. The molecular formula is C16H21N3O. The van der Waals surface area contributed by atoms with Crippen molar-refractivity contribution in [3.05, 3.63) is 29.8 Å². The second-order valence-corrected chi connectivity index (χ2v) is 6.14. The average Bonchev–Trinajstić information content (AvgIpc) is 3.12. The van der Waals surface area contributed by atoms with Gasteiger partial charge in [0.1, 0.15) is 0 Å². The van der Waals surface area contributed by atoms with E-state index in [4.69, 9.17) is 0 Å². The van der Waals surface area contributed by atoms with Crippen molar-refractivity contribution in [3.8, 4) is 0 Å². The zero-order valence-electron chi connectivity index (χ0n) is 11.7. The summed E-state index contributed by atoms with van der Waals surface area (Å²) in [4.78, 5) is 17.5. The van der Waals surface area contributed by atoms with Gasteiger partial charge in [0, 0.05) is 37.9 Å². The summed E-state index contributed by atoms with van der Waals surface area (Å²) in [5, 5.41) is 3.36. The Labute approximate surface area is 119 Å². The first-order valence-corrected chi connectivity index (χ1v) is 7.68. The number of fused-ring (bicyclic) bond motifs is 2. The lowest BCUT2D eigenvalue weighted by molar-refractivity contribution is -0.135. The number of nitrogens with zero attached hydrogens (tertiary/aromatic N) is 2. The van der Waals surface area contributed by atoms with E-state index in [1.807, 2.05) is 12.1 Å². The van der Waals surface area contributed by atoms with Gasteiger partial charge in [-0.25, -0.2) is 0 Å². The molecule has 4 rings (SSSR count). The summed E-state index contributed by atoms with van der Waals surface area (Å²) in [7, 11) is 0. The van der Waals surface area contributed by atoms with Crippen LogP contribution in [-0.2, 0) is 4.79 Å². The Morgan fingerprint density at radius 2 is 2.10 bits per heavy atom. The molecule has 20 heavy (non-hydrogen) atoms. The summed E-state index contributed by atoms with van der Waals surface area (Å²) in [6.45, 7) is 4.85. The molecule has 106 valence electrons. The monoisotopic (exact) mass is 271 g/mol. The molecule has 0 aromatic heterocycles. The van der Waals surface area contributed by atoms with Crippen LogP contribution in [0.4, 0.5) is 5.69 Å². The smallest absolute Gasteiger partial charge is 0.232 e. The largest absolute Gasteiger partial charge is 0.384 e. The molecule has 0 aliphatic carbocycles. The van der Waals surface area contributed by atoms with Crippen LogP contribution >= 0.6 is 0 Å². The number of piperazine rings is 1. The molecule has 3 aliphatic heterocycles. The van der Waals surface area contributed by atoms with Crippen LogP contribution in [-0.4, -0.2) is 54.5 Å². The second-order valence-electron chi connectivity index (χ2n) is 6.14. The van der Waals surface area contributed by atoms with Crippen LogP contribution < -0.4 is 5.32 Å². The summed E-state index contributed by atoms with van der Waals surface area (Å²) in [6, 6.07) is 8.82. The number of hydrogen-bond donors (Lipinski definition) is 1. The molecule has 2 saturated heterocycles. The number of rotatable bonds is 1. The third-order valence-corrected chi connectivity index (χ3v) is 5.03. The van der Waals surface area contributed by atoms with E-state index in [2.05, 4.69) is 27.2 Å². The van der Waals surface area contributed by atoms with Gasteiger partial charge in [0.05, 0.1) is 5.92 Å². The lowest BCUT2D eigenvalue weighted by Gasteiger charge is -2.38. The molecule has 2 atom stereocenters. The third kappa shape index (κ3) is 1.90. The van der Waals surface area contributed by atoms with Gasteiger partial charge in [-0.05, 0) is 31.0 Å². The molecular weight excluding hydrogens is 250 g/mol. The second kappa shape index (κ2) is 4.77. The fraction of sp³-hybridized carbons (Fsp3) is 0.562. The van der Waals surface area contributed by atoms with E-state index in [1.54, 1.807) is 0 Å². The molecule has 1 aromatic rings. The summed E-state index contributed by atoms with van der Waals surface area (Å²) in [5.74, 6) is 0.327. The van der Waals surface area contributed by atoms with Crippen LogP contribution in [0.1, 0.15) is 24.3 Å². The van der Waals surface area contributed by atoms with E-state index in [0.29, 0.717) is 11.9 Å². The topological polar surface area (TPSA) is 35.6 Å². The minimum Gasteiger partial charge on any atom is -0.384 e. The summed E-state index contributed by atoms with van der Waals surface area (Å²) in [6.07, 6.45) is 2.55. The van der Waals surface area contributed by atoms with Crippen LogP contribution in [0.5, 0.6) is 0 Å². The molecule has 1 amide bonds. The van der Waals surface area contributed by atoms with E-state index < -0.39 is 0 Å². The summed E-state index contributed by atoms with van der Waals surface area (Å²) < 4.78 is 0. The molecule has 0 saturated carbocycles. The van der Waals surface area contributed by atoms with Crippen LogP contribution in [0.25, 0.3) is 0 Å². The molecule has 1 N–H and O–H groups in total. The van der Waals surface area contributed by atoms with Crippen molar-refractivity contribution in [3.63, 3.8) is 0 Å². The minimum atomic E-state index is 0.0131. The number of amides is 1. The predicted molar refractivity (Wildman–Crippen MR) is 78.8 cm³/mol. The van der Waals surface area contributed by atoms with Gasteiger partial charge in [0.15, 0.2) is 0 Å². The van der Waals surface area contributed by atoms with Gasteiger partial charge in [-0.2, -0.15) is 0 Å². The molecule has 2 fully saturated rings. The van der Waals surface area contributed by atoms with E-state index in [-0.39, 0.29) is 5.92 Å². The molecule has 0 bridgehead atoms. The average molecular weight is 271 g/mol. The number of nitrogens with one attached hydrogen (secondary N) is 1. The minimum absolute atomic E-state index is 0.0131. The van der Waals surface area contributed by atoms with Crippen molar-refractivity contribution in [2.24, 2.45) is 0 Å². The first kappa shape index (κ1) is 12.2. The third-order valence-electron chi connectivity index (χ3n) is 5.03. The maximum atomic E-state index is 12.8. The lowest BCUT2D eigenvalue weighted by atomic mass is 9.99. The molecule has 2 unspecified atom stereocenters. The number of carbonyl (C=O) groups is 1. The van der Waals surface area contributed by atoms with Crippen LogP contribution in [0, 0.1) is 0 Å². The van der Waals surface area contributed by atoms with E-state index >= 15 is 0 Å². The van der Waals surface area contributed by atoms with Crippen molar-refractivity contribution in [2.45, 2.75) is 24.8 Å². The molecule has 3 heterocycles. The Kier molecular flexibility index (Phi) is 2.91. The number of para-hydroxylation sites is 1.